The minimum Gasteiger partial charge on any atom is -0.549 e. The summed E-state index contributed by atoms with van der Waals surface area (Å²) in [7, 11) is 0. The number of likely N-dealkylation sites (tertiary alicyclic amines) is 1. The molecule has 14 nitrogen and oxygen atoms in total. The van der Waals surface area contributed by atoms with E-state index in [1.54, 1.807) is 0 Å². The van der Waals surface area contributed by atoms with E-state index in [1.807, 2.05) is 30.3 Å². The van der Waals surface area contributed by atoms with Gasteiger partial charge in [0.15, 0.2) is 0 Å². The third-order valence-corrected chi connectivity index (χ3v) is 6.70. The summed E-state index contributed by atoms with van der Waals surface area (Å²) in [6, 6.07) is 6.25. The SMILES string of the molecule is O=C([O-])CN(CC(=O)[O-])CC(=O)NCCCC[C@H](N[C@@H](CCc1ccccc1)C(=O)O)C(=O)N1CCC[C@H]1C(=O)O.[Fe+2]. The third-order valence-electron chi connectivity index (χ3n) is 6.70. The number of rotatable bonds is 19. The predicted molar refractivity (Wildman–Crippen MR) is 139 cm³/mol. The van der Waals surface area contributed by atoms with Crippen LogP contribution in [0.1, 0.15) is 44.1 Å². The van der Waals surface area contributed by atoms with Gasteiger partial charge in [0.05, 0.1) is 24.5 Å². The van der Waals surface area contributed by atoms with Crippen LogP contribution in [0.2, 0.25) is 0 Å². The van der Waals surface area contributed by atoms with Gasteiger partial charge in [0.1, 0.15) is 12.1 Å². The first-order valence-corrected chi connectivity index (χ1v) is 13.4. The average molecular weight is 632 g/mol. The van der Waals surface area contributed by atoms with Crippen molar-refractivity contribution in [2.24, 2.45) is 0 Å². The Bertz CT molecular complexity index is 1060. The van der Waals surface area contributed by atoms with Crippen molar-refractivity contribution in [1.29, 1.82) is 0 Å². The normalized spacial score (nSPS) is 15.8. The van der Waals surface area contributed by atoms with E-state index >= 15 is 0 Å². The van der Waals surface area contributed by atoms with Gasteiger partial charge >= 0.3 is 29.0 Å². The number of nitrogens with one attached hydrogen (secondary N) is 2. The number of carboxylic acids is 4. The van der Waals surface area contributed by atoms with E-state index in [-0.39, 0.29) is 43.0 Å². The van der Waals surface area contributed by atoms with Gasteiger partial charge in [-0.25, -0.2) is 4.79 Å². The molecule has 1 fully saturated rings. The number of hydrogen-bond acceptors (Lipinski definition) is 10. The summed E-state index contributed by atoms with van der Waals surface area (Å²) in [5.74, 6) is -6.47. The van der Waals surface area contributed by atoms with Crippen LogP contribution in [0.15, 0.2) is 30.3 Å². The minimum atomic E-state index is -1.55. The third kappa shape index (κ3) is 13.0. The van der Waals surface area contributed by atoms with E-state index < -0.39 is 73.5 Å². The van der Waals surface area contributed by atoms with Crippen molar-refractivity contribution in [3.63, 3.8) is 0 Å². The van der Waals surface area contributed by atoms with Crippen LogP contribution in [0.5, 0.6) is 0 Å². The average Bonchev–Trinajstić information content (AvgIpc) is 3.39. The molecule has 1 saturated heterocycles. The summed E-state index contributed by atoms with van der Waals surface area (Å²) in [6.45, 7) is -1.65. The molecule has 1 aliphatic rings. The molecule has 1 aromatic carbocycles. The Labute approximate surface area is 253 Å². The zero-order valence-corrected chi connectivity index (χ0v) is 24.1. The Balaban J connectivity index is 0.00000882. The van der Waals surface area contributed by atoms with Crippen molar-refractivity contribution in [1.82, 2.24) is 20.4 Å². The Kier molecular flexibility index (Phi) is 16.4. The van der Waals surface area contributed by atoms with Gasteiger partial charge in [-0.1, -0.05) is 30.3 Å². The molecule has 232 valence electrons. The smallest absolute Gasteiger partial charge is 0.549 e. The number of amides is 2. The quantitative estimate of drug-likeness (QED) is 0.0898. The summed E-state index contributed by atoms with van der Waals surface area (Å²) in [4.78, 5) is 72.9. The molecule has 1 heterocycles. The van der Waals surface area contributed by atoms with Gasteiger partial charge in [-0.2, -0.15) is 0 Å². The number of hydrogen-bond donors (Lipinski definition) is 4. The Morgan fingerprint density at radius 3 is 2.14 bits per heavy atom. The number of aliphatic carboxylic acids is 4. The van der Waals surface area contributed by atoms with Crippen LogP contribution >= 0.6 is 0 Å². The first-order valence-electron chi connectivity index (χ1n) is 13.4. The van der Waals surface area contributed by atoms with Crippen molar-refractivity contribution in [3.8, 4) is 0 Å². The monoisotopic (exact) mass is 632 g/mol. The van der Waals surface area contributed by atoms with Crippen LogP contribution in [-0.4, -0.2) is 107 Å². The molecule has 1 aliphatic heterocycles. The first kappa shape index (κ1) is 36.5. The molecule has 4 N–H and O–H groups in total. The number of nitrogens with zero attached hydrogens (tertiary/aromatic N) is 2. The second kappa shape index (κ2) is 18.8. The number of aryl methyl sites for hydroxylation is 1. The number of carbonyl (C=O) groups is 6. The predicted octanol–water partition coefficient (Wildman–Crippen LogP) is -2.81. The zero-order valence-electron chi connectivity index (χ0n) is 23.0. The molecule has 2 amide bonds. The summed E-state index contributed by atoms with van der Waals surface area (Å²) >= 11 is 0. The minimum absolute atomic E-state index is 0. The van der Waals surface area contributed by atoms with Gasteiger partial charge in [0.25, 0.3) is 0 Å². The number of benzene rings is 1. The fourth-order valence-corrected chi connectivity index (χ4v) is 4.74. The van der Waals surface area contributed by atoms with Crippen LogP contribution < -0.4 is 20.8 Å². The number of carboxylic acid groups (broad SMARTS) is 4. The van der Waals surface area contributed by atoms with Crippen LogP contribution in [0.3, 0.4) is 0 Å². The van der Waals surface area contributed by atoms with E-state index in [4.69, 9.17) is 0 Å². The fourth-order valence-electron chi connectivity index (χ4n) is 4.74. The van der Waals surface area contributed by atoms with Crippen LogP contribution in [-0.2, 0) is 52.3 Å². The van der Waals surface area contributed by atoms with Crippen LogP contribution in [0, 0.1) is 0 Å². The number of carbonyl (C=O) groups excluding carboxylic acids is 4. The molecular formula is C27H36FeN4O10. The fraction of sp³-hybridized carbons (Fsp3) is 0.556. The molecule has 1 aromatic rings. The van der Waals surface area contributed by atoms with E-state index in [2.05, 4.69) is 10.6 Å². The van der Waals surface area contributed by atoms with Gasteiger partial charge in [-0.3, -0.25) is 24.6 Å². The molecular weight excluding hydrogens is 596 g/mol. The first-order chi connectivity index (χ1) is 19.5. The molecule has 0 aromatic heterocycles. The van der Waals surface area contributed by atoms with Gasteiger partial charge in [-0.05, 0) is 50.5 Å². The van der Waals surface area contributed by atoms with E-state index in [9.17, 15) is 49.2 Å². The summed E-state index contributed by atoms with van der Waals surface area (Å²) in [5, 5.41) is 46.4. The summed E-state index contributed by atoms with van der Waals surface area (Å²) in [5.41, 5.74) is 0.933. The van der Waals surface area contributed by atoms with E-state index in [0.717, 1.165) is 10.5 Å². The second-order valence-corrected chi connectivity index (χ2v) is 9.90. The maximum atomic E-state index is 13.4. The molecule has 0 aliphatic carbocycles. The molecule has 0 unspecified atom stereocenters. The summed E-state index contributed by atoms with van der Waals surface area (Å²) in [6.07, 6.45) is 2.38. The van der Waals surface area contributed by atoms with Gasteiger partial charge in [-0.15, -0.1) is 0 Å². The van der Waals surface area contributed by atoms with Crippen molar-refractivity contribution in [2.45, 2.75) is 63.1 Å². The van der Waals surface area contributed by atoms with Crippen molar-refractivity contribution < 1.29 is 66.3 Å². The molecule has 0 spiro atoms. The van der Waals surface area contributed by atoms with Crippen LogP contribution in [0.4, 0.5) is 0 Å². The van der Waals surface area contributed by atoms with Gasteiger partial charge in [0.2, 0.25) is 11.8 Å². The Hall–Kier alpha value is -3.52. The van der Waals surface area contributed by atoms with E-state index in [0.29, 0.717) is 32.1 Å². The van der Waals surface area contributed by atoms with Crippen molar-refractivity contribution in [2.75, 3.05) is 32.7 Å². The number of unbranched alkanes of at least 4 members (excludes halogenated alkanes) is 1. The largest absolute Gasteiger partial charge is 2.00 e. The molecule has 0 saturated carbocycles. The molecule has 3 atom stereocenters. The molecule has 2 rings (SSSR count). The topological polar surface area (TPSA) is 220 Å². The second-order valence-electron chi connectivity index (χ2n) is 9.90. The van der Waals surface area contributed by atoms with Gasteiger partial charge < -0.3 is 40.2 Å². The maximum Gasteiger partial charge on any atom is 2.00 e. The molecule has 42 heavy (non-hydrogen) atoms. The molecule has 0 radical (unpaired) electrons. The maximum absolute atomic E-state index is 13.4. The standard InChI is InChI=1S/C27H38N4O10.Fe/c32-22(15-30(16-23(33)34)17-24(35)36)28-13-5-4-9-19(25(37)31-14-6-10-21(31)27(40)41)29-20(26(38)39)12-11-18-7-2-1-3-8-18;/h1-3,7-8,19-21,29H,4-6,9-17H2,(H,28,32)(H,33,34)(H,35,36)(H,38,39)(H,40,41);/q;+2/p-2/t19-,20-,21-;/m0./s1. The Morgan fingerprint density at radius 1 is 0.929 bits per heavy atom. The van der Waals surface area contributed by atoms with Crippen molar-refractivity contribution >= 4 is 35.7 Å². The van der Waals surface area contributed by atoms with E-state index in [1.165, 1.54) is 4.90 Å². The van der Waals surface area contributed by atoms with Crippen molar-refractivity contribution in [3.05, 3.63) is 35.9 Å². The van der Waals surface area contributed by atoms with Crippen LogP contribution in [0.25, 0.3) is 0 Å². The summed E-state index contributed by atoms with van der Waals surface area (Å²) < 4.78 is 0. The Morgan fingerprint density at radius 2 is 1.57 bits per heavy atom. The molecule has 0 bridgehead atoms. The van der Waals surface area contributed by atoms with Gasteiger partial charge in [0, 0.05) is 26.2 Å². The zero-order chi connectivity index (χ0) is 30.4. The molecule has 15 heteroatoms.